The maximum atomic E-state index is 12.6. The third-order valence-electron chi connectivity index (χ3n) is 4.81. The normalized spacial score (nSPS) is 11.1. The number of nitrogens with zero attached hydrogens (tertiary/aromatic N) is 3. The zero-order valence-corrected chi connectivity index (χ0v) is 15.5. The van der Waals surface area contributed by atoms with Crippen LogP contribution in [0.5, 0.6) is 0 Å². The van der Waals surface area contributed by atoms with Crippen molar-refractivity contribution in [2.75, 3.05) is 5.32 Å². The van der Waals surface area contributed by atoms with E-state index in [2.05, 4.69) is 10.3 Å². The summed E-state index contributed by atoms with van der Waals surface area (Å²) in [5.41, 5.74) is 0.713. The predicted molar refractivity (Wildman–Crippen MR) is 109 cm³/mol. The molecular weight excluding hydrogens is 356 g/mol. The summed E-state index contributed by atoms with van der Waals surface area (Å²) in [6.07, 6.45) is 1.65. The number of fused-ring (bicyclic) bond motifs is 2. The van der Waals surface area contributed by atoms with Crippen LogP contribution < -0.4 is 16.6 Å². The Morgan fingerprint density at radius 1 is 1.00 bits per heavy atom. The first kappa shape index (κ1) is 17.7. The van der Waals surface area contributed by atoms with Crippen LogP contribution in [0.15, 0.2) is 64.3 Å². The zero-order valence-electron chi connectivity index (χ0n) is 15.5. The molecule has 0 unspecified atom stereocenters. The van der Waals surface area contributed by atoms with E-state index in [1.807, 2.05) is 42.5 Å². The van der Waals surface area contributed by atoms with Crippen molar-refractivity contribution in [3.63, 3.8) is 0 Å². The molecule has 0 saturated heterocycles. The number of carbonyl (C=O) groups excluding carboxylic acids is 1. The lowest BCUT2D eigenvalue weighted by molar-refractivity contribution is -0.115. The number of hydrogen-bond donors (Lipinski definition) is 1. The van der Waals surface area contributed by atoms with Gasteiger partial charge >= 0.3 is 5.69 Å². The summed E-state index contributed by atoms with van der Waals surface area (Å²) in [5.74, 6) is -0.209. The number of aromatic nitrogens is 3. The van der Waals surface area contributed by atoms with Gasteiger partial charge in [0.05, 0.1) is 23.7 Å². The summed E-state index contributed by atoms with van der Waals surface area (Å²) in [7, 11) is 2.96. The molecule has 0 aliphatic carbocycles. The van der Waals surface area contributed by atoms with Crippen molar-refractivity contribution in [2.45, 2.75) is 6.42 Å². The Kier molecular flexibility index (Phi) is 4.27. The molecule has 0 atom stereocenters. The Hall–Kier alpha value is -3.74. The van der Waals surface area contributed by atoms with Crippen LogP contribution >= 0.6 is 0 Å². The fourth-order valence-corrected chi connectivity index (χ4v) is 3.36. The molecule has 4 rings (SSSR count). The van der Waals surface area contributed by atoms with E-state index in [9.17, 15) is 14.4 Å². The number of rotatable bonds is 3. The van der Waals surface area contributed by atoms with Crippen molar-refractivity contribution < 1.29 is 4.79 Å². The summed E-state index contributed by atoms with van der Waals surface area (Å²) in [6.45, 7) is 0. The first-order valence-corrected chi connectivity index (χ1v) is 8.78. The lowest BCUT2D eigenvalue weighted by atomic mass is 10.0. The second-order valence-electron chi connectivity index (χ2n) is 6.66. The van der Waals surface area contributed by atoms with E-state index < -0.39 is 11.2 Å². The van der Waals surface area contributed by atoms with E-state index in [4.69, 9.17) is 0 Å². The Morgan fingerprint density at radius 2 is 1.75 bits per heavy atom. The average molecular weight is 374 g/mol. The number of nitrogens with one attached hydrogen (secondary N) is 1. The van der Waals surface area contributed by atoms with Gasteiger partial charge in [-0.1, -0.05) is 42.5 Å². The van der Waals surface area contributed by atoms with Crippen molar-refractivity contribution in [2.24, 2.45) is 14.1 Å². The summed E-state index contributed by atoms with van der Waals surface area (Å²) in [5, 5.41) is 5.16. The van der Waals surface area contributed by atoms with Crippen LogP contribution in [-0.2, 0) is 25.3 Å². The Morgan fingerprint density at radius 3 is 2.57 bits per heavy atom. The maximum absolute atomic E-state index is 12.6. The summed E-state index contributed by atoms with van der Waals surface area (Å²) in [4.78, 5) is 41.1. The number of hydrogen-bond acceptors (Lipinski definition) is 4. The minimum absolute atomic E-state index is 0.199. The van der Waals surface area contributed by atoms with Gasteiger partial charge in [0.25, 0.3) is 5.56 Å². The molecule has 0 aliphatic rings. The predicted octanol–water partition coefficient (Wildman–Crippen LogP) is 1.97. The molecule has 2 heterocycles. The number of amides is 1. The Balaban J connectivity index is 1.65. The highest BCUT2D eigenvalue weighted by molar-refractivity contribution is 5.97. The molecule has 7 heteroatoms. The van der Waals surface area contributed by atoms with Gasteiger partial charge in [0.15, 0.2) is 0 Å². The van der Waals surface area contributed by atoms with Gasteiger partial charge in [-0.2, -0.15) is 0 Å². The minimum Gasteiger partial charge on any atom is -0.324 e. The molecule has 2 aromatic heterocycles. The van der Waals surface area contributed by atoms with Crippen LogP contribution in [0.3, 0.4) is 0 Å². The molecule has 7 nitrogen and oxygen atoms in total. The number of anilines is 1. The fraction of sp³-hybridized carbons (Fsp3) is 0.143. The van der Waals surface area contributed by atoms with Gasteiger partial charge in [-0.25, -0.2) is 9.78 Å². The molecular formula is C21H18N4O3. The zero-order chi connectivity index (χ0) is 19.8. The number of carbonyl (C=O) groups is 1. The molecule has 0 spiro atoms. The molecule has 4 aromatic rings. The summed E-state index contributed by atoms with van der Waals surface area (Å²) < 4.78 is 2.32. The molecule has 0 fully saturated rings. The Labute approximate surface area is 159 Å². The third kappa shape index (κ3) is 2.96. The van der Waals surface area contributed by atoms with E-state index in [1.165, 1.54) is 17.8 Å². The van der Waals surface area contributed by atoms with E-state index in [0.29, 0.717) is 5.69 Å². The first-order chi connectivity index (χ1) is 13.5. The fourth-order valence-electron chi connectivity index (χ4n) is 3.36. The molecule has 2 aromatic carbocycles. The smallest absolute Gasteiger partial charge is 0.324 e. The molecule has 0 bridgehead atoms. The van der Waals surface area contributed by atoms with Crippen LogP contribution in [0, 0.1) is 0 Å². The molecule has 140 valence electrons. The van der Waals surface area contributed by atoms with Crippen LogP contribution in [0.2, 0.25) is 0 Å². The van der Waals surface area contributed by atoms with Crippen molar-refractivity contribution in [1.29, 1.82) is 0 Å². The highest BCUT2D eigenvalue weighted by Gasteiger charge is 2.12. The molecule has 0 aliphatic heterocycles. The average Bonchev–Trinajstić information content (AvgIpc) is 2.71. The van der Waals surface area contributed by atoms with Gasteiger partial charge < -0.3 is 5.32 Å². The van der Waals surface area contributed by atoms with Crippen LogP contribution in [0.4, 0.5) is 5.69 Å². The lowest BCUT2D eigenvalue weighted by Gasteiger charge is -2.10. The van der Waals surface area contributed by atoms with Gasteiger partial charge in [0, 0.05) is 14.1 Å². The maximum Gasteiger partial charge on any atom is 0.332 e. The quantitative estimate of drug-likeness (QED) is 0.594. The first-order valence-electron chi connectivity index (χ1n) is 8.78. The molecule has 0 radical (unpaired) electrons. The number of pyridine rings is 1. The van der Waals surface area contributed by atoms with Crippen LogP contribution in [0.1, 0.15) is 5.56 Å². The van der Waals surface area contributed by atoms with Crippen molar-refractivity contribution in [3.05, 3.63) is 81.1 Å². The lowest BCUT2D eigenvalue weighted by Crippen LogP contribution is -2.37. The highest BCUT2D eigenvalue weighted by atomic mass is 16.2. The highest BCUT2D eigenvalue weighted by Crippen LogP contribution is 2.19. The van der Waals surface area contributed by atoms with Crippen molar-refractivity contribution in [1.82, 2.24) is 14.1 Å². The van der Waals surface area contributed by atoms with Gasteiger partial charge in [-0.15, -0.1) is 0 Å². The topological polar surface area (TPSA) is 86.0 Å². The minimum atomic E-state index is -0.448. The summed E-state index contributed by atoms with van der Waals surface area (Å²) >= 11 is 0. The molecule has 0 saturated carbocycles. The van der Waals surface area contributed by atoms with E-state index >= 15 is 0 Å². The van der Waals surface area contributed by atoms with Gasteiger partial charge in [-0.05, 0) is 22.4 Å². The SMILES string of the molecule is Cn1c(=O)c2cc(NC(=O)Cc3cccc4ccccc34)cnc2n(C)c1=O. The molecule has 1 N–H and O–H groups in total. The molecule has 28 heavy (non-hydrogen) atoms. The van der Waals surface area contributed by atoms with Gasteiger partial charge in [-0.3, -0.25) is 18.7 Å². The second-order valence-corrected chi connectivity index (χ2v) is 6.66. The van der Waals surface area contributed by atoms with E-state index in [0.717, 1.165) is 20.9 Å². The molecule has 1 amide bonds. The number of aryl methyl sites for hydroxylation is 1. The van der Waals surface area contributed by atoms with E-state index in [-0.39, 0.29) is 23.4 Å². The van der Waals surface area contributed by atoms with Gasteiger partial charge in [0.1, 0.15) is 5.65 Å². The van der Waals surface area contributed by atoms with E-state index in [1.54, 1.807) is 13.1 Å². The third-order valence-corrected chi connectivity index (χ3v) is 4.81. The number of benzene rings is 2. The van der Waals surface area contributed by atoms with Gasteiger partial charge in [0.2, 0.25) is 5.91 Å². The van der Waals surface area contributed by atoms with Crippen molar-refractivity contribution >= 4 is 33.4 Å². The Bertz CT molecular complexity index is 1350. The monoisotopic (exact) mass is 374 g/mol. The van der Waals surface area contributed by atoms with Crippen LogP contribution in [-0.4, -0.2) is 20.0 Å². The summed E-state index contributed by atoms with van der Waals surface area (Å²) in [6, 6.07) is 15.3. The van der Waals surface area contributed by atoms with Crippen LogP contribution in [0.25, 0.3) is 21.8 Å². The second kappa shape index (κ2) is 6.77. The largest absolute Gasteiger partial charge is 0.332 e. The standard InChI is InChI=1S/C21H18N4O3/c1-24-19-17(20(27)25(2)21(24)28)11-15(12-22-19)23-18(26)10-14-8-5-7-13-6-3-4-9-16(13)14/h3-9,11-12H,10H2,1-2H3,(H,23,26). The van der Waals surface area contributed by atoms with Crippen molar-refractivity contribution in [3.8, 4) is 0 Å².